The first kappa shape index (κ1) is 38.1. The van der Waals surface area contributed by atoms with E-state index in [1.807, 2.05) is 0 Å². The van der Waals surface area contributed by atoms with Gasteiger partial charge in [0.2, 0.25) is 0 Å². The molecule has 0 spiro atoms. The molecule has 0 aromatic rings. The lowest BCUT2D eigenvalue weighted by molar-refractivity contribution is -0.350. The quantitative estimate of drug-likeness (QED) is 0.113. The van der Waals surface area contributed by atoms with Crippen LogP contribution in [-0.4, -0.2) is 186 Å². The average Bonchev–Trinajstić information content (AvgIpc) is 3.07. The van der Waals surface area contributed by atoms with Gasteiger partial charge in [0.05, 0.1) is 49.1 Å². The Morgan fingerprint density at radius 3 is 1.58 bits per heavy atom. The number of fused-ring (bicyclic) bond motifs is 4. The van der Waals surface area contributed by atoms with Crippen molar-refractivity contribution in [2.45, 2.75) is 155 Å². The normalized spacial score (nSPS) is 52.7. The summed E-state index contributed by atoms with van der Waals surface area (Å²) in [6, 6.07) is 0. The van der Waals surface area contributed by atoms with E-state index in [9.17, 15) is 60.7 Å². The highest BCUT2D eigenvalue weighted by atomic mass is 16.7. The predicted octanol–water partition coefficient (Wildman–Crippen LogP) is -5.33. The van der Waals surface area contributed by atoms with E-state index in [0.717, 1.165) is 0 Å². The third-order valence-electron chi connectivity index (χ3n) is 10.8. The Labute approximate surface area is 286 Å². The second-order valence-electron chi connectivity index (χ2n) is 14.3. The molecule has 0 aromatic heterocycles. The molecule has 2 aliphatic carbocycles. The van der Waals surface area contributed by atoms with Gasteiger partial charge >= 0.3 is 11.9 Å². The number of aliphatic hydroxyl groups excluding tert-OH is 10. The van der Waals surface area contributed by atoms with E-state index in [0.29, 0.717) is 12.8 Å². The molecule has 4 heterocycles. The minimum Gasteiger partial charge on any atom is -0.463 e. The molecule has 4 saturated heterocycles. The van der Waals surface area contributed by atoms with Gasteiger partial charge in [0.25, 0.3) is 0 Å². The molecule has 20 unspecified atom stereocenters. The Hall–Kier alpha value is -1.66. The molecule has 19 heteroatoms. The first-order valence-electron chi connectivity index (χ1n) is 17.1. The number of rotatable bonds is 1. The average molecular weight is 725 g/mol. The largest absolute Gasteiger partial charge is 0.463 e. The Kier molecular flexibility index (Phi) is 12.0. The van der Waals surface area contributed by atoms with E-state index >= 15 is 0 Å². The fraction of sp³-hybridized carbons (Fsp3) is 0.935. The molecular formula is C31H48O19. The molecule has 6 fully saturated rings. The summed E-state index contributed by atoms with van der Waals surface area (Å²) in [4.78, 5) is 24.9. The number of carbonyl (C=O) groups is 2. The van der Waals surface area contributed by atoms with Gasteiger partial charge in [-0.15, -0.1) is 0 Å². The van der Waals surface area contributed by atoms with Crippen molar-refractivity contribution >= 4 is 11.9 Å². The molecule has 50 heavy (non-hydrogen) atoms. The van der Waals surface area contributed by atoms with Crippen molar-refractivity contribution in [3.05, 3.63) is 0 Å². The summed E-state index contributed by atoms with van der Waals surface area (Å²) in [5.41, 5.74) is 0. The Morgan fingerprint density at radius 1 is 0.480 bits per heavy atom. The van der Waals surface area contributed by atoms with Crippen LogP contribution in [-0.2, 0) is 42.7 Å². The zero-order chi connectivity index (χ0) is 36.0. The van der Waals surface area contributed by atoms with Crippen LogP contribution < -0.4 is 0 Å². The molecule has 20 atom stereocenters. The molecule has 0 amide bonds. The summed E-state index contributed by atoms with van der Waals surface area (Å²) in [6.45, 7) is -1.40. The van der Waals surface area contributed by atoms with Crippen LogP contribution >= 0.6 is 0 Å². The van der Waals surface area contributed by atoms with Gasteiger partial charge in [0, 0.05) is 25.2 Å². The van der Waals surface area contributed by atoms with E-state index in [1.165, 1.54) is 0 Å². The molecule has 2 saturated carbocycles. The van der Waals surface area contributed by atoms with Crippen molar-refractivity contribution in [1.29, 1.82) is 0 Å². The van der Waals surface area contributed by atoms with E-state index in [2.05, 4.69) is 0 Å². The maximum Gasteiger partial charge on any atom is 0.335 e. The smallest absolute Gasteiger partial charge is 0.335 e. The number of hydrogen-bond donors (Lipinski definition) is 10. The molecule has 286 valence electrons. The van der Waals surface area contributed by atoms with Crippen molar-refractivity contribution in [3.63, 3.8) is 0 Å². The summed E-state index contributed by atoms with van der Waals surface area (Å²) >= 11 is 0. The molecule has 10 N–H and O–H groups in total. The van der Waals surface area contributed by atoms with Gasteiger partial charge in [0.15, 0.2) is 18.7 Å². The van der Waals surface area contributed by atoms with Crippen molar-refractivity contribution in [1.82, 2.24) is 0 Å². The van der Waals surface area contributed by atoms with Crippen LogP contribution in [0.4, 0.5) is 0 Å². The van der Waals surface area contributed by atoms with E-state index in [-0.39, 0.29) is 31.6 Å². The van der Waals surface area contributed by atoms with Crippen molar-refractivity contribution in [3.8, 4) is 0 Å². The van der Waals surface area contributed by atoms with Crippen LogP contribution in [0.5, 0.6) is 0 Å². The van der Waals surface area contributed by atoms with Crippen LogP contribution in [0, 0.1) is 11.8 Å². The number of carbonyl (C=O) groups excluding carboxylic acids is 2. The molecule has 4 aliphatic heterocycles. The summed E-state index contributed by atoms with van der Waals surface area (Å²) in [7, 11) is 0. The second-order valence-corrected chi connectivity index (χ2v) is 14.3. The highest BCUT2D eigenvalue weighted by Gasteiger charge is 2.55. The SMILES string of the molecule is O=C1CC(O)C(=O)OCC2OC(OC3CC(O)CC4OC(C5CCC(O)C(O)C5)CC(OC5OC(CO1)C(O)C(O)C5O)C43)C(O)C(O)C2O. The van der Waals surface area contributed by atoms with Crippen LogP contribution in [0.25, 0.3) is 0 Å². The number of hydrogen-bond acceptors (Lipinski definition) is 19. The van der Waals surface area contributed by atoms with Gasteiger partial charge in [0.1, 0.15) is 62.0 Å². The fourth-order valence-corrected chi connectivity index (χ4v) is 7.99. The molecular weight excluding hydrogens is 676 g/mol. The topological polar surface area (TPSA) is 301 Å². The minimum atomic E-state index is -2.03. The van der Waals surface area contributed by atoms with Crippen molar-refractivity contribution in [2.75, 3.05) is 13.2 Å². The van der Waals surface area contributed by atoms with Crippen LogP contribution in [0.3, 0.4) is 0 Å². The Morgan fingerprint density at radius 2 is 1.00 bits per heavy atom. The second kappa shape index (κ2) is 15.7. The summed E-state index contributed by atoms with van der Waals surface area (Å²) in [5, 5.41) is 106. The van der Waals surface area contributed by atoms with E-state index < -0.39 is 148 Å². The fourth-order valence-electron chi connectivity index (χ4n) is 7.99. The summed E-state index contributed by atoms with van der Waals surface area (Å²) in [5.74, 6) is -3.44. The maximum atomic E-state index is 12.5. The zero-order valence-corrected chi connectivity index (χ0v) is 27.1. The van der Waals surface area contributed by atoms with E-state index in [1.54, 1.807) is 0 Å². The summed E-state index contributed by atoms with van der Waals surface area (Å²) < 4.78 is 40.7. The van der Waals surface area contributed by atoms with Crippen molar-refractivity contribution in [2.24, 2.45) is 11.8 Å². The monoisotopic (exact) mass is 724 g/mol. The van der Waals surface area contributed by atoms with Crippen LogP contribution in [0.2, 0.25) is 0 Å². The van der Waals surface area contributed by atoms with Gasteiger partial charge in [-0.1, -0.05) is 0 Å². The molecule has 0 radical (unpaired) electrons. The zero-order valence-electron chi connectivity index (χ0n) is 27.1. The first-order chi connectivity index (χ1) is 23.7. The van der Waals surface area contributed by atoms with Crippen LogP contribution in [0.1, 0.15) is 44.9 Å². The number of cyclic esters (lactones) is 2. The molecule has 19 nitrogen and oxygen atoms in total. The lowest BCUT2D eigenvalue weighted by Gasteiger charge is -2.53. The number of esters is 2. The highest BCUT2D eigenvalue weighted by molar-refractivity contribution is 5.81. The van der Waals surface area contributed by atoms with Gasteiger partial charge in [-0.25, -0.2) is 4.79 Å². The lowest BCUT2D eigenvalue weighted by atomic mass is 9.72. The van der Waals surface area contributed by atoms with Crippen molar-refractivity contribution < 1.29 is 93.8 Å². The van der Waals surface area contributed by atoms with Gasteiger partial charge in [-0.2, -0.15) is 0 Å². The maximum absolute atomic E-state index is 12.5. The third-order valence-corrected chi connectivity index (χ3v) is 10.8. The highest BCUT2D eigenvalue weighted by Crippen LogP contribution is 2.45. The predicted molar refractivity (Wildman–Crippen MR) is 157 cm³/mol. The van der Waals surface area contributed by atoms with Gasteiger partial charge in [-0.3, -0.25) is 4.79 Å². The van der Waals surface area contributed by atoms with Crippen LogP contribution in [0.15, 0.2) is 0 Å². The number of ether oxygens (including phenoxy) is 7. The number of aliphatic hydroxyl groups is 10. The standard InChI is InChI=1S/C31H48O19/c32-11-4-16-22-17(5-11)47-30-27(41)26(40)24(38)20(50-30)9-45-29(43)14(35)6-21(36)44-8-19-23(37)25(39)28(42)31(49-19)48-18(22)7-15(46-16)10-1-2-12(33)13(34)3-10/h10-20,22-28,30-35,37-42H,1-9H2. The molecule has 6 rings (SSSR count). The summed E-state index contributed by atoms with van der Waals surface area (Å²) in [6.07, 6.45) is -24.9. The molecule has 0 aromatic carbocycles. The first-order valence-corrected chi connectivity index (χ1v) is 17.1. The van der Waals surface area contributed by atoms with Gasteiger partial charge in [-0.05, 0) is 25.2 Å². The molecule has 4 bridgehead atoms. The Bertz CT molecular complexity index is 1180. The third kappa shape index (κ3) is 7.97. The minimum absolute atomic E-state index is 0.0472. The van der Waals surface area contributed by atoms with Gasteiger partial charge < -0.3 is 84.2 Å². The lowest BCUT2D eigenvalue weighted by Crippen LogP contribution is -2.64. The Balaban J connectivity index is 1.33. The molecule has 6 aliphatic rings. The van der Waals surface area contributed by atoms with E-state index in [4.69, 9.17) is 33.2 Å².